The van der Waals surface area contributed by atoms with Gasteiger partial charge in [0, 0.05) is 25.6 Å². The van der Waals surface area contributed by atoms with E-state index in [2.05, 4.69) is 10.2 Å². The predicted molar refractivity (Wildman–Crippen MR) is 81.0 cm³/mol. The van der Waals surface area contributed by atoms with Crippen LogP contribution in [0.5, 0.6) is 0 Å². The molecule has 0 radical (unpaired) electrons. The van der Waals surface area contributed by atoms with Gasteiger partial charge < -0.3 is 16.0 Å². The summed E-state index contributed by atoms with van der Waals surface area (Å²) < 4.78 is 0. The van der Waals surface area contributed by atoms with Gasteiger partial charge in [-0.1, -0.05) is 23.7 Å². The molecule has 1 aliphatic rings. The summed E-state index contributed by atoms with van der Waals surface area (Å²) >= 11 is 5.97. The van der Waals surface area contributed by atoms with Gasteiger partial charge in [0.25, 0.3) is 0 Å². The second kappa shape index (κ2) is 7.70. The Balaban J connectivity index is 0.00000180. The van der Waals surface area contributed by atoms with Crippen LogP contribution in [-0.2, 0) is 4.79 Å². The predicted octanol–water partition coefficient (Wildman–Crippen LogP) is 2.12. The van der Waals surface area contributed by atoms with E-state index in [1.807, 2.05) is 12.1 Å². The van der Waals surface area contributed by atoms with Crippen molar-refractivity contribution >= 4 is 35.6 Å². The Morgan fingerprint density at radius 1 is 1.47 bits per heavy atom. The highest BCUT2D eigenvalue weighted by Crippen LogP contribution is 2.20. The van der Waals surface area contributed by atoms with E-state index in [-0.39, 0.29) is 24.4 Å². The van der Waals surface area contributed by atoms with Crippen LogP contribution in [0.4, 0.5) is 5.69 Å². The van der Waals surface area contributed by atoms with E-state index in [9.17, 15) is 4.79 Å². The van der Waals surface area contributed by atoms with Crippen LogP contribution < -0.4 is 11.1 Å². The Labute approximate surface area is 124 Å². The number of carbonyl (C=O) groups excluding carboxylic acids is 1. The summed E-state index contributed by atoms with van der Waals surface area (Å²) in [6.45, 7) is 2.63. The van der Waals surface area contributed by atoms with Crippen LogP contribution in [0, 0.1) is 0 Å². The SMILES string of the molecule is Cl.N[C@H]1CCN(CCC(=O)Nc2ccccc2Cl)C1. The lowest BCUT2D eigenvalue weighted by molar-refractivity contribution is -0.116. The third-order valence-corrected chi connectivity index (χ3v) is 3.44. The molecule has 0 bridgehead atoms. The molecule has 2 rings (SSSR count). The zero-order valence-corrected chi connectivity index (χ0v) is 12.2. The van der Waals surface area contributed by atoms with Crippen LogP contribution in [-0.4, -0.2) is 36.5 Å². The van der Waals surface area contributed by atoms with Crippen molar-refractivity contribution in [1.29, 1.82) is 0 Å². The molecule has 0 unspecified atom stereocenters. The fourth-order valence-corrected chi connectivity index (χ4v) is 2.28. The largest absolute Gasteiger partial charge is 0.326 e. The fourth-order valence-electron chi connectivity index (χ4n) is 2.10. The normalized spacial score (nSPS) is 18.9. The zero-order valence-electron chi connectivity index (χ0n) is 10.6. The van der Waals surface area contributed by atoms with Crippen molar-refractivity contribution in [2.45, 2.75) is 18.9 Å². The van der Waals surface area contributed by atoms with Crippen LogP contribution in [0.3, 0.4) is 0 Å². The number of halogens is 2. The molecule has 106 valence electrons. The van der Waals surface area contributed by atoms with Crippen molar-refractivity contribution in [2.24, 2.45) is 5.73 Å². The summed E-state index contributed by atoms with van der Waals surface area (Å²) in [4.78, 5) is 14.0. The van der Waals surface area contributed by atoms with Gasteiger partial charge in [-0.05, 0) is 25.1 Å². The number of hydrogen-bond donors (Lipinski definition) is 2. The van der Waals surface area contributed by atoms with E-state index < -0.39 is 0 Å². The number of para-hydroxylation sites is 1. The maximum absolute atomic E-state index is 11.8. The molecule has 1 aromatic carbocycles. The lowest BCUT2D eigenvalue weighted by Crippen LogP contribution is -2.29. The molecule has 4 nitrogen and oxygen atoms in total. The minimum atomic E-state index is -0.0106. The zero-order chi connectivity index (χ0) is 13.0. The molecular weight excluding hydrogens is 285 g/mol. The van der Waals surface area contributed by atoms with Gasteiger partial charge >= 0.3 is 0 Å². The highest BCUT2D eigenvalue weighted by atomic mass is 35.5. The van der Waals surface area contributed by atoms with Gasteiger partial charge in [-0.2, -0.15) is 0 Å². The number of likely N-dealkylation sites (tertiary alicyclic amines) is 1. The first-order valence-electron chi connectivity index (χ1n) is 6.17. The number of nitrogens with zero attached hydrogens (tertiary/aromatic N) is 1. The maximum Gasteiger partial charge on any atom is 0.225 e. The van der Waals surface area contributed by atoms with E-state index >= 15 is 0 Å². The third-order valence-electron chi connectivity index (χ3n) is 3.11. The average molecular weight is 304 g/mol. The summed E-state index contributed by atoms with van der Waals surface area (Å²) in [5.74, 6) is -0.0106. The van der Waals surface area contributed by atoms with E-state index in [1.165, 1.54) is 0 Å². The molecule has 1 aliphatic heterocycles. The highest BCUT2D eigenvalue weighted by Gasteiger charge is 2.19. The van der Waals surface area contributed by atoms with Gasteiger partial charge in [-0.15, -0.1) is 12.4 Å². The van der Waals surface area contributed by atoms with Crippen molar-refractivity contribution in [3.63, 3.8) is 0 Å². The molecule has 6 heteroatoms. The van der Waals surface area contributed by atoms with Crippen LogP contribution in [0.1, 0.15) is 12.8 Å². The summed E-state index contributed by atoms with van der Waals surface area (Å²) in [5.41, 5.74) is 6.48. The quantitative estimate of drug-likeness (QED) is 0.896. The number of hydrogen-bond acceptors (Lipinski definition) is 3. The first kappa shape index (κ1) is 16.2. The number of nitrogens with one attached hydrogen (secondary N) is 1. The molecule has 1 amide bonds. The molecule has 0 saturated carbocycles. The number of carbonyl (C=O) groups is 1. The molecule has 1 heterocycles. The van der Waals surface area contributed by atoms with Crippen LogP contribution >= 0.6 is 24.0 Å². The summed E-state index contributed by atoms with van der Waals surface area (Å²) in [5, 5.41) is 3.38. The fraction of sp³-hybridized carbons (Fsp3) is 0.462. The molecule has 1 aromatic rings. The number of rotatable bonds is 4. The van der Waals surface area contributed by atoms with E-state index in [4.69, 9.17) is 17.3 Å². The number of benzene rings is 1. The summed E-state index contributed by atoms with van der Waals surface area (Å²) in [6.07, 6.45) is 1.49. The van der Waals surface area contributed by atoms with Crippen molar-refractivity contribution in [3.8, 4) is 0 Å². The number of anilines is 1. The number of amides is 1. The average Bonchev–Trinajstić information content (AvgIpc) is 2.76. The minimum absolute atomic E-state index is 0. The Kier molecular flexibility index (Phi) is 6.58. The van der Waals surface area contributed by atoms with Gasteiger partial charge in [-0.25, -0.2) is 0 Å². The molecule has 1 fully saturated rings. The Bertz CT molecular complexity index is 428. The van der Waals surface area contributed by atoms with Crippen LogP contribution in [0.15, 0.2) is 24.3 Å². The van der Waals surface area contributed by atoms with E-state index in [1.54, 1.807) is 12.1 Å². The van der Waals surface area contributed by atoms with Crippen molar-refractivity contribution < 1.29 is 4.79 Å². The molecule has 0 aliphatic carbocycles. The summed E-state index contributed by atoms with van der Waals surface area (Å²) in [7, 11) is 0. The third kappa shape index (κ3) is 4.99. The first-order valence-corrected chi connectivity index (χ1v) is 6.55. The van der Waals surface area contributed by atoms with Gasteiger partial charge in [0.1, 0.15) is 0 Å². The second-order valence-electron chi connectivity index (χ2n) is 4.63. The molecular formula is C13H19Cl2N3O. The molecule has 19 heavy (non-hydrogen) atoms. The molecule has 1 saturated heterocycles. The first-order chi connectivity index (χ1) is 8.65. The van der Waals surface area contributed by atoms with Gasteiger partial charge in [0.2, 0.25) is 5.91 Å². The summed E-state index contributed by atoms with van der Waals surface area (Å²) in [6, 6.07) is 7.50. The topological polar surface area (TPSA) is 58.4 Å². The minimum Gasteiger partial charge on any atom is -0.326 e. The van der Waals surface area contributed by atoms with Crippen molar-refractivity contribution in [2.75, 3.05) is 25.0 Å². The maximum atomic E-state index is 11.8. The van der Waals surface area contributed by atoms with Crippen molar-refractivity contribution in [3.05, 3.63) is 29.3 Å². The lowest BCUT2D eigenvalue weighted by Gasteiger charge is -2.14. The Morgan fingerprint density at radius 3 is 2.84 bits per heavy atom. The Morgan fingerprint density at radius 2 is 2.21 bits per heavy atom. The second-order valence-corrected chi connectivity index (χ2v) is 5.03. The molecule has 3 N–H and O–H groups in total. The van der Waals surface area contributed by atoms with Gasteiger partial charge in [0.15, 0.2) is 0 Å². The molecule has 0 aromatic heterocycles. The van der Waals surface area contributed by atoms with Crippen LogP contribution in [0.2, 0.25) is 5.02 Å². The van der Waals surface area contributed by atoms with Crippen LogP contribution in [0.25, 0.3) is 0 Å². The van der Waals surface area contributed by atoms with E-state index in [0.717, 1.165) is 26.1 Å². The Hall–Kier alpha value is -0.810. The monoisotopic (exact) mass is 303 g/mol. The van der Waals surface area contributed by atoms with Gasteiger partial charge in [-0.3, -0.25) is 4.79 Å². The van der Waals surface area contributed by atoms with E-state index in [0.29, 0.717) is 17.1 Å². The molecule has 0 spiro atoms. The standard InChI is InChI=1S/C13H18ClN3O.ClH/c14-11-3-1-2-4-12(11)16-13(18)6-8-17-7-5-10(15)9-17;/h1-4,10H,5-9,15H2,(H,16,18);1H/t10-;/m0./s1. The number of nitrogens with two attached hydrogens (primary N) is 1. The highest BCUT2D eigenvalue weighted by molar-refractivity contribution is 6.33. The molecule has 1 atom stereocenters. The van der Waals surface area contributed by atoms with Crippen molar-refractivity contribution in [1.82, 2.24) is 4.90 Å². The van der Waals surface area contributed by atoms with Gasteiger partial charge in [0.05, 0.1) is 10.7 Å². The smallest absolute Gasteiger partial charge is 0.225 e. The lowest BCUT2D eigenvalue weighted by atomic mass is 10.3.